The van der Waals surface area contributed by atoms with Crippen molar-refractivity contribution in [3.63, 3.8) is 0 Å². The quantitative estimate of drug-likeness (QED) is 0.566. The standard InChI is InChI=1S/C25H31ClN2O4/c1-18(2)32-23-10-4-19(16-24(23)30-3)5-11-25(29)27-17-22(28-12-14-31-15-13-28)20-6-8-21(26)9-7-20/h4-11,16,18,22H,12-15,17H2,1-3H3,(H,27,29)/b11-5+. The van der Waals surface area contributed by atoms with Crippen LogP contribution in [0.15, 0.2) is 48.5 Å². The molecule has 2 aromatic rings. The van der Waals surface area contributed by atoms with Crippen LogP contribution in [0.5, 0.6) is 11.5 Å². The molecule has 1 N–H and O–H groups in total. The highest BCUT2D eigenvalue weighted by Crippen LogP contribution is 2.29. The summed E-state index contributed by atoms with van der Waals surface area (Å²) in [7, 11) is 1.60. The number of ether oxygens (including phenoxy) is 3. The molecule has 1 unspecified atom stereocenters. The zero-order valence-electron chi connectivity index (χ0n) is 18.8. The van der Waals surface area contributed by atoms with Gasteiger partial charge in [0.15, 0.2) is 11.5 Å². The largest absolute Gasteiger partial charge is 0.493 e. The van der Waals surface area contributed by atoms with Gasteiger partial charge in [0.05, 0.1) is 32.5 Å². The van der Waals surface area contributed by atoms with Crippen LogP contribution in [0.4, 0.5) is 0 Å². The zero-order chi connectivity index (χ0) is 22.9. The Kier molecular flexibility index (Phi) is 8.97. The first-order valence-corrected chi connectivity index (χ1v) is 11.2. The summed E-state index contributed by atoms with van der Waals surface area (Å²) in [4.78, 5) is 14.9. The van der Waals surface area contributed by atoms with E-state index < -0.39 is 0 Å². The van der Waals surface area contributed by atoms with E-state index >= 15 is 0 Å². The SMILES string of the molecule is COc1cc(/C=C/C(=O)NCC(c2ccc(Cl)cc2)N2CCOCC2)ccc1OC(C)C. The fourth-order valence-corrected chi connectivity index (χ4v) is 3.73. The zero-order valence-corrected chi connectivity index (χ0v) is 19.6. The van der Waals surface area contributed by atoms with Crippen LogP contribution in [-0.4, -0.2) is 56.9 Å². The Morgan fingerprint density at radius 1 is 1.16 bits per heavy atom. The van der Waals surface area contributed by atoms with Gasteiger partial charge in [-0.15, -0.1) is 0 Å². The van der Waals surface area contributed by atoms with E-state index in [4.69, 9.17) is 25.8 Å². The fraction of sp³-hybridized carbons (Fsp3) is 0.400. The van der Waals surface area contributed by atoms with Crippen LogP contribution in [0.2, 0.25) is 5.02 Å². The number of methoxy groups -OCH3 is 1. The van der Waals surface area contributed by atoms with E-state index in [1.54, 1.807) is 13.2 Å². The molecule has 7 heteroatoms. The molecule has 1 saturated heterocycles. The Labute approximate surface area is 195 Å². The van der Waals surface area contributed by atoms with Gasteiger partial charge < -0.3 is 19.5 Å². The van der Waals surface area contributed by atoms with E-state index in [0.717, 1.165) is 24.2 Å². The number of amides is 1. The molecule has 0 bridgehead atoms. The van der Waals surface area contributed by atoms with Gasteiger partial charge in [0.2, 0.25) is 5.91 Å². The van der Waals surface area contributed by atoms with Crippen LogP contribution < -0.4 is 14.8 Å². The summed E-state index contributed by atoms with van der Waals surface area (Å²) in [6.07, 6.45) is 3.36. The van der Waals surface area contributed by atoms with Crippen LogP contribution in [-0.2, 0) is 9.53 Å². The van der Waals surface area contributed by atoms with Crippen molar-refractivity contribution in [3.05, 3.63) is 64.7 Å². The van der Waals surface area contributed by atoms with Crippen molar-refractivity contribution in [2.24, 2.45) is 0 Å². The summed E-state index contributed by atoms with van der Waals surface area (Å²) >= 11 is 6.06. The van der Waals surface area contributed by atoms with Gasteiger partial charge in [0.25, 0.3) is 0 Å². The van der Waals surface area contributed by atoms with Gasteiger partial charge in [0.1, 0.15) is 0 Å². The Balaban J connectivity index is 1.64. The lowest BCUT2D eigenvalue weighted by Gasteiger charge is -2.34. The van der Waals surface area contributed by atoms with Crippen molar-refractivity contribution in [2.75, 3.05) is 40.0 Å². The Bertz CT molecular complexity index is 909. The number of halogens is 1. The molecule has 3 rings (SSSR count). The average Bonchev–Trinajstić information content (AvgIpc) is 2.80. The lowest BCUT2D eigenvalue weighted by molar-refractivity contribution is -0.116. The van der Waals surface area contributed by atoms with Gasteiger partial charge in [-0.1, -0.05) is 29.8 Å². The van der Waals surface area contributed by atoms with Gasteiger partial charge in [-0.25, -0.2) is 0 Å². The van der Waals surface area contributed by atoms with E-state index in [2.05, 4.69) is 10.2 Å². The summed E-state index contributed by atoms with van der Waals surface area (Å²) in [6.45, 7) is 7.45. The van der Waals surface area contributed by atoms with E-state index in [1.807, 2.05) is 56.3 Å². The first-order valence-electron chi connectivity index (χ1n) is 10.8. The molecule has 0 aliphatic carbocycles. The molecule has 1 fully saturated rings. The van der Waals surface area contributed by atoms with E-state index in [0.29, 0.717) is 36.3 Å². The number of nitrogens with one attached hydrogen (secondary N) is 1. The van der Waals surface area contributed by atoms with Crippen molar-refractivity contribution >= 4 is 23.6 Å². The number of morpholine rings is 1. The highest BCUT2D eigenvalue weighted by Gasteiger charge is 2.23. The van der Waals surface area contributed by atoms with Crippen LogP contribution >= 0.6 is 11.6 Å². The van der Waals surface area contributed by atoms with Gasteiger partial charge in [-0.05, 0) is 55.3 Å². The molecule has 172 valence electrons. The lowest BCUT2D eigenvalue weighted by Crippen LogP contribution is -2.43. The van der Waals surface area contributed by atoms with Crippen LogP contribution in [0.1, 0.15) is 31.0 Å². The van der Waals surface area contributed by atoms with Crippen molar-refractivity contribution in [2.45, 2.75) is 26.0 Å². The summed E-state index contributed by atoms with van der Waals surface area (Å²) in [5, 5.41) is 3.73. The highest BCUT2D eigenvalue weighted by molar-refractivity contribution is 6.30. The van der Waals surface area contributed by atoms with Gasteiger partial charge >= 0.3 is 0 Å². The Morgan fingerprint density at radius 2 is 1.88 bits per heavy atom. The summed E-state index contributed by atoms with van der Waals surface area (Å²) in [5.74, 6) is 1.16. The minimum Gasteiger partial charge on any atom is -0.493 e. The minimum atomic E-state index is -0.154. The molecule has 0 saturated carbocycles. The van der Waals surface area contributed by atoms with Crippen molar-refractivity contribution in [1.29, 1.82) is 0 Å². The van der Waals surface area contributed by atoms with Crippen LogP contribution in [0.25, 0.3) is 6.08 Å². The molecule has 1 amide bonds. The lowest BCUT2D eigenvalue weighted by atomic mass is 10.0. The van der Waals surface area contributed by atoms with Gasteiger partial charge in [-0.2, -0.15) is 0 Å². The molecule has 2 aromatic carbocycles. The number of carbonyl (C=O) groups is 1. The second-order valence-electron chi connectivity index (χ2n) is 7.87. The maximum atomic E-state index is 12.5. The average molecular weight is 459 g/mol. The monoisotopic (exact) mass is 458 g/mol. The number of rotatable bonds is 9. The van der Waals surface area contributed by atoms with Crippen LogP contribution in [0.3, 0.4) is 0 Å². The van der Waals surface area contributed by atoms with Crippen molar-refractivity contribution in [3.8, 4) is 11.5 Å². The molecule has 0 spiro atoms. The van der Waals surface area contributed by atoms with Gasteiger partial charge in [-0.3, -0.25) is 9.69 Å². The predicted octanol–water partition coefficient (Wildman–Crippen LogP) is 4.34. The van der Waals surface area contributed by atoms with E-state index in [-0.39, 0.29) is 18.1 Å². The van der Waals surface area contributed by atoms with E-state index in [9.17, 15) is 4.79 Å². The number of hydrogen-bond acceptors (Lipinski definition) is 5. The number of hydrogen-bond donors (Lipinski definition) is 1. The molecule has 6 nitrogen and oxygen atoms in total. The van der Waals surface area contributed by atoms with E-state index in [1.165, 1.54) is 6.08 Å². The third kappa shape index (κ3) is 6.99. The number of nitrogens with zero attached hydrogens (tertiary/aromatic N) is 1. The molecule has 1 aliphatic rings. The Morgan fingerprint density at radius 3 is 2.53 bits per heavy atom. The summed E-state index contributed by atoms with van der Waals surface area (Å²) in [5.41, 5.74) is 1.97. The first kappa shape index (κ1) is 24.1. The molecular formula is C25H31ClN2O4. The fourth-order valence-electron chi connectivity index (χ4n) is 3.60. The smallest absolute Gasteiger partial charge is 0.244 e. The summed E-state index contributed by atoms with van der Waals surface area (Å²) < 4.78 is 16.6. The molecule has 1 aliphatic heterocycles. The maximum absolute atomic E-state index is 12.5. The second kappa shape index (κ2) is 11.9. The molecule has 0 radical (unpaired) electrons. The normalized spacial score (nSPS) is 15.7. The highest BCUT2D eigenvalue weighted by atomic mass is 35.5. The number of benzene rings is 2. The summed E-state index contributed by atoms with van der Waals surface area (Å²) in [6, 6.07) is 13.4. The molecule has 32 heavy (non-hydrogen) atoms. The molecule has 1 heterocycles. The van der Waals surface area contributed by atoms with Crippen molar-refractivity contribution in [1.82, 2.24) is 10.2 Å². The molecule has 0 aromatic heterocycles. The topological polar surface area (TPSA) is 60.0 Å². The first-order chi connectivity index (χ1) is 15.5. The molecule has 1 atom stereocenters. The second-order valence-corrected chi connectivity index (χ2v) is 8.31. The maximum Gasteiger partial charge on any atom is 0.244 e. The predicted molar refractivity (Wildman–Crippen MR) is 127 cm³/mol. The van der Waals surface area contributed by atoms with Crippen LogP contribution in [0, 0.1) is 0 Å². The third-order valence-corrected chi connectivity index (χ3v) is 5.44. The Hall–Kier alpha value is -2.54. The molecular weight excluding hydrogens is 428 g/mol. The third-order valence-electron chi connectivity index (χ3n) is 5.19. The number of carbonyl (C=O) groups excluding carboxylic acids is 1. The minimum absolute atomic E-state index is 0.0520. The van der Waals surface area contributed by atoms with Crippen molar-refractivity contribution < 1.29 is 19.0 Å². The van der Waals surface area contributed by atoms with Gasteiger partial charge in [0, 0.05) is 30.7 Å².